The van der Waals surface area contributed by atoms with Crippen molar-refractivity contribution in [2.24, 2.45) is 17.6 Å². The van der Waals surface area contributed by atoms with E-state index in [-0.39, 0.29) is 0 Å². The molecule has 4 N–H and O–H groups in total. The minimum atomic E-state index is 0.475. The molecule has 3 rings (SSSR count). The first-order valence-electron chi connectivity index (χ1n) is 7.08. The zero-order valence-electron chi connectivity index (χ0n) is 10.4. The van der Waals surface area contributed by atoms with E-state index in [1.807, 2.05) is 0 Å². The number of rotatable bonds is 0. The summed E-state index contributed by atoms with van der Waals surface area (Å²) < 4.78 is 0. The first-order valence-corrected chi connectivity index (χ1v) is 7.08. The van der Waals surface area contributed by atoms with E-state index < -0.39 is 0 Å². The van der Waals surface area contributed by atoms with Crippen LogP contribution in [0.3, 0.4) is 0 Å². The van der Waals surface area contributed by atoms with Crippen molar-refractivity contribution in [1.29, 1.82) is 0 Å². The summed E-state index contributed by atoms with van der Waals surface area (Å²) >= 11 is 0. The molecule has 3 heteroatoms. The maximum atomic E-state index is 6.56. The van der Waals surface area contributed by atoms with Crippen molar-refractivity contribution < 1.29 is 5.32 Å². The van der Waals surface area contributed by atoms with Gasteiger partial charge in [0.2, 0.25) is 0 Å². The van der Waals surface area contributed by atoms with Crippen LogP contribution in [0.15, 0.2) is 0 Å². The second-order valence-corrected chi connectivity index (χ2v) is 6.16. The smallest absolute Gasteiger partial charge is 0.146 e. The van der Waals surface area contributed by atoms with Crippen LogP contribution in [0.2, 0.25) is 0 Å². The van der Waals surface area contributed by atoms with Gasteiger partial charge in [-0.05, 0) is 39.2 Å². The molecule has 92 valence electrons. The molecule has 5 unspecified atom stereocenters. The lowest BCUT2D eigenvalue weighted by Crippen LogP contribution is -3.03. The Kier molecular flexibility index (Phi) is 2.94. The molecule has 0 aromatic heterocycles. The van der Waals surface area contributed by atoms with Crippen LogP contribution in [-0.2, 0) is 0 Å². The van der Waals surface area contributed by atoms with E-state index in [4.69, 9.17) is 5.73 Å². The molecule has 3 fully saturated rings. The summed E-state index contributed by atoms with van der Waals surface area (Å²) in [6.07, 6.45) is 8.96. The van der Waals surface area contributed by atoms with Gasteiger partial charge >= 0.3 is 0 Å². The number of hydrogen-bond donors (Lipinski definition) is 2. The summed E-state index contributed by atoms with van der Waals surface area (Å²) in [5.41, 5.74) is 6.56. The maximum Gasteiger partial charge on any atom is 0.146 e. The molecule has 0 spiro atoms. The summed E-state index contributed by atoms with van der Waals surface area (Å²) in [6, 6.07) is 1.31. The Balaban J connectivity index is 1.82. The number of quaternary nitrogens is 1. The highest BCUT2D eigenvalue weighted by Crippen LogP contribution is 2.35. The molecule has 0 aromatic rings. The van der Waals surface area contributed by atoms with Crippen LogP contribution in [0.25, 0.3) is 0 Å². The quantitative estimate of drug-likeness (QED) is 0.614. The Morgan fingerprint density at radius 2 is 1.88 bits per heavy atom. The zero-order valence-corrected chi connectivity index (χ0v) is 10.4. The molecule has 0 radical (unpaired) electrons. The van der Waals surface area contributed by atoms with Crippen LogP contribution in [0.4, 0.5) is 0 Å². The second-order valence-electron chi connectivity index (χ2n) is 6.16. The molecule has 1 saturated carbocycles. The number of nitrogens with zero attached hydrogens (tertiary/aromatic N) is 1. The van der Waals surface area contributed by atoms with Crippen LogP contribution in [0.1, 0.15) is 38.5 Å². The van der Waals surface area contributed by atoms with Gasteiger partial charge in [-0.15, -0.1) is 0 Å². The molecule has 2 aliphatic heterocycles. The third kappa shape index (κ3) is 1.69. The van der Waals surface area contributed by atoms with Gasteiger partial charge in [-0.3, -0.25) is 4.90 Å². The summed E-state index contributed by atoms with van der Waals surface area (Å²) in [5, 5.41) is 2.66. The fraction of sp³-hybridized carbons (Fsp3) is 1.00. The summed E-state index contributed by atoms with van der Waals surface area (Å²) in [6.45, 7) is 1.27. The molecule has 3 nitrogen and oxygen atoms in total. The van der Waals surface area contributed by atoms with Gasteiger partial charge in [0.05, 0.1) is 6.04 Å². The first kappa shape index (κ1) is 11.0. The molecule has 0 aromatic carbocycles. The number of hydrogen-bond acceptors (Lipinski definition) is 2. The fourth-order valence-corrected chi connectivity index (χ4v) is 4.40. The third-order valence-corrected chi connectivity index (χ3v) is 5.30. The lowest BCUT2D eigenvalue weighted by Gasteiger charge is -2.43. The van der Waals surface area contributed by atoms with Crippen molar-refractivity contribution in [2.75, 3.05) is 13.6 Å². The summed E-state index contributed by atoms with van der Waals surface area (Å²) in [5.74, 6) is 1.56. The number of piperidine rings is 1. The SMILES string of the molecule is CN1CCCCC2C(N)C3CCCC3[NH2+]C21. The first-order chi connectivity index (χ1) is 7.77. The zero-order chi connectivity index (χ0) is 11.1. The summed E-state index contributed by atoms with van der Waals surface area (Å²) in [4.78, 5) is 2.56. The molecular weight excluding hydrogens is 198 g/mol. The van der Waals surface area contributed by atoms with Crippen molar-refractivity contribution >= 4 is 0 Å². The molecule has 2 saturated heterocycles. The normalized spacial score (nSPS) is 49.5. The van der Waals surface area contributed by atoms with Gasteiger partial charge in [0.1, 0.15) is 6.17 Å². The Morgan fingerprint density at radius 1 is 1.06 bits per heavy atom. The maximum absolute atomic E-state index is 6.56. The standard InChI is InChI=1S/C13H25N3/c1-16-8-3-2-5-10-12(14)9-6-4-7-11(9)15-13(10)16/h9-13,15H,2-8,14H2,1H3/p+1. The van der Waals surface area contributed by atoms with Crippen molar-refractivity contribution in [3.63, 3.8) is 0 Å². The predicted molar refractivity (Wildman–Crippen MR) is 64.8 cm³/mol. The third-order valence-electron chi connectivity index (χ3n) is 5.30. The van der Waals surface area contributed by atoms with Gasteiger partial charge in [0, 0.05) is 24.4 Å². The van der Waals surface area contributed by atoms with Gasteiger partial charge in [0.15, 0.2) is 0 Å². The molecular formula is C13H26N3+. The highest BCUT2D eigenvalue weighted by atomic mass is 15.3. The lowest BCUT2D eigenvalue weighted by molar-refractivity contribution is -0.759. The minimum Gasteiger partial charge on any atom is -0.328 e. The largest absolute Gasteiger partial charge is 0.328 e. The van der Waals surface area contributed by atoms with Gasteiger partial charge in [-0.2, -0.15) is 0 Å². The van der Waals surface area contributed by atoms with Crippen molar-refractivity contribution in [3.05, 3.63) is 0 Å². The molecule has 0 bridgehead atoms. The van der Waals surface area contributed by atoms with E-state index in [1.54, 1.807) is 0 Å². The van der Waals surface area contributed by atoms with E-state index in [0.717, 1.165) is 17.9 Å². The molecule has 1 aliphatic carbocycles. The molecule has 16 heavy (non-hydrogen) atoms. The average Bonchev–Trinajstić information content (AvgIpc) is 2.66. The van der Waals surface area contributed by atoms with Crippen LogP contribution in [0, 0.1) is 11.8 Å². The molecule has 2 heterocycles. The Bertz CT molecular complexity index is 256. The van der Waals surface area contributed by atoms with Crippen LogP contribution in [-0.4, -0.2) is 36.7 Å². The van der Waals surface area contributed by atoms with E-state index in [1.165, 1.54) is 45.1 Å². The lowest BCUT2D eigenvalue weighted by atomic mass is 9.77. The number of likely N-dealkylation sites (tertiary alicyclic amines) is 1. The van der Waals surface area contributed by atoms with Crippen LogP contribution in [0.5, 0.6) is 0 Å². The molecule has 5 atom stereocenters. The topological polar surface area (TPSA) is 45.9 Å². The Hall–Kier alpha value is -0.120. The van der Waals surface area contributed by atoms with Gasteiger partial charge in [-0.1, -0.05) is 6.42 Å². The van der Waals surface area contributed by atoms with Crippen LogP contribution >= 0.6 is 0 Å². The predicted octanol–water partition coefficient (Wildman–Crippen LogP) is 0.117. The van der Waals surface area contributed by atoms with Crippen molar-refractivity contribution in [2.45, 2.75) is 56.8 Å². The average molecular weight is 224 g/mol. The van der Waals surface area contributed by atoms with E-state index in [2.05, 4.69) is 17.3 Å². The Morgan fingerprint density at radius 3 is 2.75 bits per heavy atom. The van der Waals surface area contributed by atoms with E-state index in [0.29, 0.717) is 12.2 Å². The van der Waals surface area contributed by atoms with Crippen molar-refractivity contribution in [1.82, 2.24) is 4.90 Å². The highest BCUT2D eigenvalue weighted by molar-refractivity contribution is 4.94. The van der Waals surface area contributed by atoms with Crippen molar-refractivity contribution in [3.8, 4) is 0 Å². The van der Waals surface area contributed by atoms with Crippen LogP contribution < -0.4 is 11.1 Å². The fourth-order valence-electron chi connectivity index (χ4n) is 4.40. The monoisotopic (exact) mass is 224 g/mol. The van der Waals surface area contributed by atoms with E-state index >= 15 is 0 Å². The minimum absolute atomic E-state index is 0.475. The van der Waals surface area contributed by atoms with Gasteiger partial charge in [0.25, 0.3) is 0 Å². The Labute approximate surface area is 98.8 Å². The number of fused-ring (bicyclic) bond motifs is 2. The second kappa shape index (κ2) is 4.28. The van der Waals surface area contributed by atoms with Gasteiger partial charge < -0.3 is 11.1 Å². The van der Waals surface area contributed by atoms with E-state index in [9.17, 15) is 0 Å². The highest BCUT2D eigenvalue weighted by Gasteiger charge is 2.49. The molecule has 3 aliphatic rings. The van der Waals surface area contributed by atoms with Gasteiger partial charge in [-0.25, -0.2) is 0 Å². The molecule has 0 amide bonds. The summed E-state index contributed by atoms with van der Waals surface area (Å²) in [7, 11) is 2.29. The number of nitrogens with two attached hydrogens (primary N) is 2.